The Morgan fingerprint density at radius 1 is 1.55 bits per heavy atom. The van der Waals surface area contributed by atoms with Gasteiger partial charge in [0.15, 0.2) is 0 Å². The summed E-state index contributed by atoms with van der Waals surface area (Å²) in [6.45, 7) is 3.10. The van der Waals surface area contributed by atoms with E-state index < -0.39 is 0 Å². The summed E-state index contributed by atoms with van der Waals surface area (Å²) in [5, 5.41) is 3.02. The lowest BCUT2D eigenvalue weighted by Crippen LogP contribution is -2.41. The topological polar surface area (TPSA) is 73.6 Å². The molecule has 1 aliphatic rings. The summed E-state index contributed by atoms with van der Waals surface area (Å²) in [4.78, 5) is 11.8. The Morgan fingerprint density at radius 3 is 3.15 bits per heavy atom. The van der Waals surface area contributed by atoms with Gasteiger partial charge in [-0.25, -0.2) is 0 Å². The minimum absolute atomic E-state index is 0.0213. The van der Waals surface area contributed by atoms with Crippen LogP contribution in [0.4, 0.5) is 5.69 Å². The molecule has 0 spiro atoms. The maximum atomic E-state index is 11.8. The van der Waals surface area contributed by atoms with Gasteiger partial charge in [-0.15, -0.1) is 0 Å². The summed E-state index contributed by atoms with van der Waals surface area (Å²) >= 11 is 0. The molecule has 5 nitrogen and oxygen atoms in total. The molecule has 5 heteroatoms. The average molecular weight is 278 g/mol. The number of benzene rings is 1. The van der Waals surface area contributed by atoms with Crippen molar-refractivity contribution >= 4 is 11.6 Å². The smallest absolute Gasteiger partial charge is 0.223 e. The first-order valence-corrected chi connectivity index (χ1v) is 7.03. The summed E-state index contributed by atoms with van der Waals surface area (Å²) < 4.78 is 11.0. The van der Waals surface area contributed by atoms with Gasteiger partial charge in [0.1, 0.15) is 5.75 Å². The van der Waals surface area contributed by atoms with Crippen LogP contribution in [0, 0.1) is 0 Å². The van der Waals surface area contributed by atoms with Gasteiger partial charge in [-0.2, -0.15) is 0 Å². The maximum absolute atomic E-state index is 11.8. The van der Waals surface area contributed by atoms with Gasteiger partial charge in [-0.05, 0) is 31.9 Å². The van der Waals surface area contributed by atoms with Crippen LogP contribution in [0.15, 0.2) is 24.3 Å². The van der Waals surface area contributed by atoms with E-state index in [0.29, 0.717) is 31.1 Å². The van der Waals surface area contributed by atoms with Crippen LogP contribution in [0.5, 0.6) is 5.75 Å². The van der Waals surface area contributed by atoms with E-state index in [1.165, 1.54) is 0 Å². The molecule has 2 atom stereocenters. The number of hydrogen-bond acceptors (Lipinski definition) is 4. The van der Waals surface area contributed by atoms with Gasteiger partial charge in [-0.1, -0.05) is 6.07 Å². The summed E-state index contributed by atoms with van der Waals surface area (Å²) in [5.74, 6) is 0.713. The molecule has 1 aromatic carbocycles. The number of anilines is 1. The number of amides is 1. The molecule has 0 saturated carbocycles. The number of nitrogens with one attached hydrogen (secondary N) is 1. The normalized spacial score (nSPS) is 22.2. The van der Waals surface area contributed by atoms with Crippen LogP contribution in [0.25, 0.3) is 0 Å². The van der Waals surface area contributed by atoms with Crippen molar-refractivity contribution in [3.8, 4) is 5.75 Å². The molecule has 1 aromatic rings. The van der Waals surface area contributed by atoms with Crippen LogP contribution in [0.1, 0.15) is 26.2 Å². The van der Waals surface area contributed by atoms with Gasteiger partial charge in [-0.3, -0.25) is 4.79 Å². The minimum Gasteiger partial charge on any atom is -0.493 e. The monoisotopic (exact) mass is 278 g/mol. The second-order valence-corrected chi connectivity index (χ2v) is 5.14. The third kappa shape index (κ3) is 4.74. The Kier molecular flexibility index (Phi) is 5.24. The number of nitrogens with two attached hydrogens (primary N) is 1. The summed E-state index contributed by atoms with van der Waals surface area (Å²) in [7, 11) is 0. The quantitative estimate of drug-likeness (QED) is 0.804. The summed E-state index contributed by atoms with van der Waals surface area (Å²) in [5.41, 5.74) is 6.31. The molecule has 20 heavy (non-hydrogen) atoms. The average Bonchev–Trinajstić information content (AvgIpc) is 2.38. The van der Waals surface area contributed by atoms with Crippen molar-refractivity contribution in [3.63, 3.8) is 0 Å². The fraction of sp³-hybridized carbons (Fsp3) is 0.533. The highest BCUT2D eigenvalue weighted by atomic mass is 16.5. The zero-order valence-corrected chi connectivity index (χ0v) is 11.8. The van der Waals surface area contributed by atoms with Crippen molar-refractivity contribution in [2.75, 3.05) is 18.9 Å². The first-order chi connectivity index (χ1) is 9.63. The minimum atomic E-state index is 0.0213. The largest absolute Gasteiger partial charge is 0.493 e. The number of carbonyl (C=O) groups excluding carboxylic acids is 1. The van der Waals surface area contributed by atoms with Crippen molar-refractivity contribution in [2.24, 2.45) is 0 Å². The van der Waals surface area contributed by atoms with Gasteiger partial charge in [0.2, 0.25) is 5.91 Å². The molecule has 1 amide bonds. The van der Waals surface area contributed by atoms with Crippen LogP contribution >= 0.6 is 0 Å². The molecule has 1 aliphatic heterocycles. The predicted octanol–water partition coefficient (Wildman–Crippen LogP) is 1.72. The van der Waals surface area contributed by atoms with E-state index >= 15 is 0 Å². The van der Waals surface area contributed by atoms with E-state index in [1.54, 1.807) is 12.1 Å². The molecule has 0 radical (unpaired) electrons. The highest BCUT2D eigenvalue weighted by Gasteiger charge is 2.20. The Morgan fingerprint density at radius 2 is 2.40 bits per heavy atom. The summed E-state index contributed by atoms with van der Waals surface area (Å²) in [6.07, 6.45) is 2.33. The molecule has 3 N–H and O–H groups in total. The summed E-state index contributed by atoms with van der Waals surface area (Å²) in [6, 6.07) is 7.42. The van der Waals surface area contributed by atoms with Crippen molar-refractivity contribution < 1.29 is 14.3 Å². The standard InChI is InChI=1S/C15H22N2O3/c1-11-9-13(5-7-19-11)17-15(18)6-8-20-14-4-2-3-12(16)10-14/h2-4,10-11,13H,5-9,16H2,1H3,(H,17,18). The van der Waals surface area contributed by atoms with Gasteiger partial charge in [0.25, 0.3) is 0 Å². The van der Waals surface area contributed by atoms with Crippen molar-refractivity contribution in [1.29, 1.82) is 0 Å². The number of nitrogen functional groups attached to an aromatic ring is 1. The van der Waals surface area contributed by atoms with Crippen molar-refractivity contribution in [1.82, 2.24) is 5.32 Å². The molecule has 2 rings (SSSR count). The van der Waals surface area contributed by atoms with E-state index in [4.69, 9.17) is 15.2 Å². The van der Waals surface area contributed by atoms with E-state index in [1.807, 2.05) is 19.1 Å². The highest BCUT2D eigenvalue weighted by molar-refractivity contribution is 5.76. The van der Waals surface area contributed by atoms with Crippen LogP contribution in [0.2, 0.25) is 0 Å². The molecular weight excluding hydrogens is 256 g/mol. The Bertz CT molecular complexity index is 450. The number of rotatable bonds is 5. The SMILES string of the molecule is CC1CC(NC(=O)CCOc2cccc(N)c2)CCO1. The lowest BCUT2D eigenvalue weighted by Gasteiger charge is -2.27. The van der Waals surface area contributed by atoms with Crippen LogP contribution in [-0.4, -0.2) is 31.3 Å². The first-order valence-electron chi connectivity index (χ1n) is 7.03. The molecule has 0 aromatic heterocycles. The molecule has 0 aliphatic carbocycles. The fourth-order valence-corrected chi connectivity index (χ4v) is 2.29. The Hall–Kier alpha value is -1.75. The lowest BCUT2D eigenvalue weighted by atomic mass is 10.0. The molecule has 1 fully saturated rings. The van der Waals surface area contributed by atoms with Gasteiger partial charge in [0.05, 0.1) is 19.1 Å². The highest BCUT2D eigenvalue weighted by Crippen LogP contribution is 2.15. The molecular formula is C15H22N2O3. The Balaban J connectivity index is 1.67. The first kappa shape index (κ1) is 14.7. The second kappa shape index (κ2) is 7.14. The van der Waals surface area contributed by atoms with Crippen molar-refractivity contribution in [2.45, 2.75) is 38.3 Å². The van der Waals surface area contributed by atoms with Crippen LogP contribution in [-0.2, 0) is 9.53 Å². The van der Waals surface area contributed by atoms with Crippen LogP contribution < -0.4 is 15.8 Å². The Labute approximate surface area is 119 Å². The van der Waals surface area contributed by atoms with E-state index in [9.17, 15) is 4.79 Å². The van der Waals surface area contributed by atoms with E-state index in [0.717, 1.165) is 12.8 Å². The van der Waals surface area contributed by atoms with Gasteiger partial charge in [0, 0.05) is 24.4 Å². The fourth-order valence-electron chi connectivity index (χ4n) is 2.29. The third-order valence-corrected chi connectivity index (χ3v) is 3.31. The lowest BCUT2D eigenvalue weighted by molar-refractivity contribution is -0.123. The maximum Gasteiger partial charge on any atom is 0.223 e. The van der Waals surface area contributed by atoms with E-state index in [2.05, 4.69) is 5.32 Å². The van der Waals surface area contributed by atoms with Crippen LogP contribution in [0.3, 0.4) is 0 Å². The number of hydrogen-bond donors (Lipinski definition) is 2. The molecule has 1 saturated heterocycles. The number of carbonyl (C=O) groups is 1. The zero-order chi connectivity index (χ0) is 14.4. The molecule has 110 valence electrons. The van der Waals surface area contributed by atoms with Gasteiger partial charge >= 0.3 is 0 Å². The molecule has 0 bridgehead atoms. The third-order valence-electron chi connectivity index (χ3n) is 3.31. The zero-order valence-electron chi connectivity index (χ0n) is 11.8. The molecule has 1 heterocycles. The predicted molar refractivity (Wildman–Crippen MR) is 77.5 cm³/mol. The second-order valence-electron chi connectivity index (χ2n) is 5.14. The van der Waals surface area contributed by atoms with E-state index in [-0.39, 0.29) is 18.1 Å². The molecule has 2 unspecified atom stereocenters. The van der Waals surface area contributed by atoms with Gasteiger partial charge < -0.3 is 20.5 Å². The number of ether oxygens (including phenoxy) is 2. The van der Waals surface area contributed by atoms with Crippen molar-refractivity contribution in [3.05, 3.63) is 24.3 Å².